The summed E-state index contributed by atoms with van der Waals surface area (Å²) in [5.74, 6) is -1.13. The largest absolute Gasteiger partial charge is 0.377 e. The molecular weight excluding hydrogens is 287 g/mol. The molecule has 6 nitrogen and oxygen atoms in total. The van der Waals surface area contributed by atoms with E-state index in [4.69, 9.17) is 10.5 Å². The number of carbonyl (C=O) groups is 1. The van der Waals surface area contributed by atoms with E-state index in [1.165, 1.54) is 6.07 Å². The van der Waals surface area contributed by atoms with Crippen LogP contribution in [0.5, 0.6) is 0 Å². The number of rotatable bonds is 8. The van der Waals surface area contributed by atoms with Gasteiger partial charge in [-0.05, 0) is 12.5 Å². The number of ether oxygens (including phenoxy) is 1. The highest BCUT2D eigenvalue weighted by atomic mass is 19.1. The molecule has 118 valence electrons. The fourth-order valence-corrected chi connectivity index (χ4v) is 2.05. The number of primary amides is 1. The van der Waals surface area contributed by atoms with Crippen molar-refractivity contribution < 1.29 is 13.9 Å². The van der Waals surface area contributed by atoms with Gasteiger partial charge in [0.25, 0.3) is 5.91 Å². The van der Waals surface area contributed by atoms with Crippen molar-refractivity contribution in [1.29, 1.82) is 0 Å². The van der Waals surface area contributed by atoms with Gasteiger partial charge in [0.2, 0.25) is 0 Å². The quantitative estimate of drug-likeness (QED) is 0.732. The molecule has 0 saturated carbocycles. The van der Waals surface area contributed by atoms with E-state index in [0.29, 0.717) is 17.7 Å². The van der Waals surface area contributed by atoms with Crippen LogP contribution in [0.15, 0.2) is 18.2 Å². The first-order valence-electron chi connectivity index (χ1n) is 7.20. The average molecular weight is 306 g/mol. The van der Waals surface area contributed by atoms with E-state index in [2.05, 4.69) is 22.3 Å². The Morgan fingerprint density at radius 2 is 2.18 bits per heavy atom. The Labute approximate surface area is 127 Å². The molecule has 7 heteroatoms. The van der Waals surface area contributed by atoms with Gasteiger partial charge in [-0.25, -0.2) is 4.39 Å². The van der Waals surface area contributed by atoms with Gasteiger partial charge in [-0.15, -0.1) is 0 Å². The summed E-state index contributed by atoms with van der Waals surface area (Å²) in [5.41, 5.74) is 6.32. The zero-order chi connectivity index (χ0) is 15.9. The van der Waals surface area contributed by atoms with E-state index in [1.54, 1.807) is 12.1 Å². The second-order valence-electron chi connectivity index (χ2n) is 4.95. The zero-order valence-electron chi connectivity index (χ0n) is 12.4. The molecule has 0 aliphatic carbocycles. The number of hydrogen-bond donors (Lipinski definition) is 2. The van der Waals surface area contributed by atoms with Crippen molar-refractivity contribution in [2.24, 2.45) is 5.73 Å². The number of H-pyrrole nitrogens is 1. The molecule has 2 aromatic rings. The first-order chi connectivity index (χ1) is 10.6. The topological polar surface area (TPSA) is 93.9 Å². The Bertz CT molecular complexity index is 642. The molecule has 22 heavy (non-hydrogen) atoms. The van der Waals surface area contributed by atoms with E-state index in [0.717, 1.165) is 19.3 Å². The second kappa shape index (κ2) is 7.65. The Morgan fingerprint density at radius 1 is 1.36 bits per heavy atom. The van der Waals surface area contributed by atoms with Gasteiger partial charge in [-0.1, -0.05) is 31.9 Å². The summed E-state index contributed by atoms with van der Waals surface area (Å²) in [6, 6.07) is 4.58. The van der Waals surface area contributed by atoms with Gasteiger partial charge in [0.05, 0.1) is 6.61 Å². The smallest absolute Gasteiger partial charge is 0.271 e. The van der Waals surface area contributed by atoms with Crippen LogP contribution in [0.3, 0.4) is 0 Å². The van der Waals surface area contributed by atoms with Crippen LogP contribution < -0.4 is 5.73 Å². The fourth-order valence-electron chi connectivity index (χ4n) is 2.05. The van der Waals surface area contributed by atoms with E-state index >= 15 is 0 Å². The van der Waals surface area contributed by atoms with Gasteiger partial charge in [0.15, 0.2) is 5.69 Å². The predicted octanol–water partition coefficient (Wildman–Crippen LogP) is 2.42. The van der Waals surface area contributed by atoms with Crippen molar-refractivity contribution in [2.45, 2.75) is 32.8 Å². The van der Waals surface area contributed by atoms with Crippen LogP contribution in [0.1, 0.15) is 42.2 Å². The normalized spacial score (nSPS) is 10.8. The summed E-state index contributed by atoms with van der Waals surface area (Å²) in [5, 5.41) is 9.82. The van der Waals surface area contributed by atoms with E-state index in [-0.39, 0.29) is 18.0 Å². The lowest BCUT2D eigenvalue weighted by molar-refractivity contribution is 0.0996. The van der Waals surface area contributed by atoms with Crippen molar-refractivity contribution in [2.75, 3.05) is 6.61 Å². The van der Waals surface area contributed by atoms with Crippen molar-refractivity contribution in [3.63, 3.8) is 0 Å². The van der Waals surface area contributed by atoms with Crippen molar-refractivity contribution in [1.82, 2.24) is 15.4 Å². The maximum absolute atomic E-state index is 14.1. The number of halogens is 1. The van der Waals surface area contributed by atoms with Crippen LogP contribution in [0.25, 0.3) is 11.3 Å². The number of hydrogen-bond acceptors (Lipinski definition) is 4. The SMILES string of the molecule is CCCCCOCc1ccc(-c2n[nH]nc2C(N)=O)cc1F. The van der Waals surface area contributed by atoms with Gasteiger partial charge in [-0.2, -0.15) is 15.4 Å². The summed E-state index contributed by atoms with van der Waals surface area (Å²) < 4.78 is 19.5. The van der Waals surface area contributed by atoms with Crippen molar-refractivity contribution >= 4 is 5.91 Å². The fraction of sp³-hybridized carbons (Fsp3) is 0.400. The molecule has 0 atom stereocenters. The number of aromatic nitrogens is 3. The number of unbranched alkanes of at least 4 members (excludes halogenated alkanes) is 2. The standard InChI is InChI=1S/C15H19FN4O2/c1-2-3-4-7-22-9-11-6-5-10(8-12(11)16)13-14(15(17)21)19-20-18-13/h5-6,8H,2-4,7,9H2,1H3,(H2,17,21)(H,18,19,20). The maximum Gasteiger partial charge on any atom is 0.271 e. The molecular formula is C15H19FN4O2. The molecule has 0 bridgehead atoms. The van der Waals surface area contributed by atoms with Crippen LogP contribution in [0, 0.1) is 5.82 Å². The first-order valence-corrected chi connectivity index (χ1v) is 7.20. The third-order valence-electron chi connectivity index (χ3n) is 3.26. The predicted molar refractivity (Wildman–Crippen MR) is 79.5 cm³/mol. The summed E-state index contributed by atoms with van der Waals surface area (Å²) in [4.78, 5) is 11.2. The minimum absolute atomic E-state index is 0.0111. The van der Waals surface area contributed by atoms with Gasteiger partial charge in [0.1, 0.15) is 11.5 Å². The lowest BCUT2D eigenvalue weighted by atomic mass is 10.1. The highest BCUT2D eigenvalue weighted by Gasteiger charge is 2.16. The van der Waals surface area contributed by atoms with Gasteiger partial charge in [-0.3, -0.25) is 4.79 Å². The lowest BCUT2D eigenvalue weighted by Gasteiger charge is -2.07. The number of nitrogens with one attached hydrogen (secondary N) is 1. The molecule has 2 rings (SSSR count). The summed E-state index contributed by atoms with van der Waals surface area (Å²) in [7, 11) is 0. The van der Waals surface area contributed by atoms with Crippen LogP contribution in [-0.2, 0) is 11.3 Å². The highest BCUT2D eigenvalue weighted by Crippen LogP contribution is 2.22. The molecule has 0 aliphatic rings. The zero-order valence-corrected chi connectivity index (χ0v) is 12.4. The Hall–Kier alpha value is -2.28. The third-order valence-corrected chi connectivity index (χ3v) is 3.26. The van der Waals surface area contributed by atoms with Crippen LogP contribution >= 0.6 is 0 Å². The van der Waals surface area contributed by atoms with Gasteiger partial charge in [0, 0.05) is 17.7 Å². The highest BCUT2D eigenvalue weighted by molar-refractivity contribution is 5.96. The monoisotopic (exact) mass is 306 g/mol. The number of aromatic amines is 1. The molecule has 1 amide bonds. The molecule has 1 heterocycles. The Kier molecular flexibility index (Phi) is 5.60. The summed E-state index contributed by atoms with van der Waals surface area (Å²) >= 11 is 0. The molecule has 0 fully saturated rings. The molecule has 0 saturated heterocycles. The number of amides is 1. The van der Waals surface area contributed by atoms with Crippen LogP contribution in [0.4, 0.5) is 4.39 Å². The van der Waals surface area contributed by atoms with Gasteiger partial charge < -0.3 is 10.5 Å². The molecule has 0 unspecified atom stereocenters. The van der Waals surface area contributed by atoms with E-state index < -0.39 is 11.7 Å². The molecule has 1 aromatic heterocycles. The van der Waals surface area contributed by atoms with Gasteiger partial charge >= 0.3 is 0 Å². The summed E-state index contributed by atoms with van der Waals surface area (Å²) in [6.45, 7) is 2.95. The van der Waals surface area contributed by atoms with Crippen LogP contribution in [0.2, 0.25) is 0 Å². The molecule has 0 spiro atoms. The number of nitrogens with two attached hydrogens (primary N) is 1. The van der Waals surface area contributed by atoms with Crippen LogP contribution in [-0.4, -0.2) is 27.9 Å². The number of benzene rings is 1. The Morgan fingerprint density at radius 3 is 2.86 bits per heavy atom. The minimum atomic E-state index is -0.715. The minimum Gasteiger partial charge on any atom is -0.377 e. The molecule has 0 radical (unpaired) electrons. The summed E-state index contributed by atoms with van der Waals surface area (Å²) in [6.07, 6.45) is 3.19. The maximum atomic E-state index is 14.1. The van der Waals surface area contributed by atoms with Crippen molar-refractivity contribution in [3.05, 3.63) is 35.3 Å². The average Bonchev–Trinajstić information content (AvgIpc) is 2.98. The first kappa shape index (κ1) is 16.1. The Balaban J connectivity index is 2.06. The molecule has 0 aliphatic heterocycles. The number of nitrogens with zero attached hydrogens (tertiary/aromatic N) is 2. The lowest BCUT2D eigenvalue weighted by Crippen LogP contribution is -2.12. The molecule has 1 aromatic carbocycles. The second-order valence-corrected chi connectivity index (χ2v) is 4.95. The molecule has 3 N–H and O–H groups in total. The number of carbonyl (C=O) groups excluding carboxylic acids is 1. The third kappa shape index (κ3) is 3.88. The van der Waals surface area contributed by atoms with E-state index in [1.807, 2.05) is 0 Å². The van der Waals surface area contributed by atoms with E-state index in [9.17, 15) is 9.18 Å². The van der Waals surface area contributed by atoms with Crippen molar-refractivity contribution in [3.8, 4) is 11.3 Å².